The number of rotatable bonds is 4. The largest absolute Gasteiger partial charge is 0.493 e. The third kappa shape index (κ3) is 3.75. The third-order valence-electron chi connectivity index (χ3n) is 3.28. The molecular formula is C16H14Cl3N3O2. The second-order valence-electron chi connectivity index (χ2n) is 4.70. The van der Waals surface area contributed by atoms with Crippen molar-refractivity contribution in [1.82, 2.24) is 9.97 Å². The molecule has 2 aromatic carbocycles. The van der Waals surface area contributed by atoms with Gasteiger partial charge in [0.1, 0.15) is 5.82 Å². The average molecular weight is 387 g/mol. The molecule has 0 aliphatic heterocycles. The zero-order chi connectivity index (χ0) is 16.4. The van der Waals surface area contributed by atoms with Crippen LogP contribution in [-0.2, 0) is 0 Å². The van der Waals surface area contributed by atoms with Gasteiger partial charge in [-0.15, -0.1) is 12.4 Å². The molecule has 0 atom stereocenters. The van der Waals surface area contributed by atoms with Crippen molar-refractivity contribution in [3.05, 3.63) is 46.7 Å². The molecule has 0 aliphatic carbocycles. The smallest absolute Gasteiger partial charge is 0.224 e. The van der Waals surface area contributed by atoms with Crippen LogP contribution in [0.3, 0.4) is 0 Å². The molecule has 0 bridgehead atoms. The van der Waals surface area contributed by atoms with E-state index in [2.05, 4.69) is 15.3 Å². The molecule has 3 aromatic rings. The third-order valence-corrected chi connectivity index (χ3v) is 3.70. The maximum Gasteiger partial charge on any atom is 0.224 e. The minimum atomic E-state index is 0. The highest BCUT2D eigenvalue weighted by molar-refractivity contribution is 6.30. The van der Waals surface area contributed by atoms with Crippen molar-refractivity contribution in [1.29, 1.82) is 0 Å². The fourth-order valence-corrected chi connectivity index (χ4v) is 2.49. The predicted molar refractivity (Wildman–Crippen MR) is 99.6 cm³/mol. The van der Waals surface area contributed by atoms with Crippen molar-refractivity contribution in [3.63, 3.8) is 0 Å². The average Bonchev–Trinajstić information content (AvgIpc) is 2.55. The van der Waals surface area contributed by atoms with Gasteiger partial charge in [-0.3, -0.25) is 0 Å². The lowest BCUT2D eigenvalue weighted by Crippen LogP contribution is -1.99. The van der Waals surface area contributed by atoms with Gasteiger partial charge in [0, 0.05) is 22.2 Å². The van der Waals surface area contributed by atoms with Gasteiger partial charge in [0.05, 0.1) is 19.7 Å². The number of benzene rings is 2. The van der Waals surface area contributed by atoms with Crippen molar-refractivity contribution in [2.45, 2.75) is 0 Å². The molecule has 1 N–H and O–H groups in total. The highest BCUT2D eigenvalue weighted by atomic mass is 35.5. The van der Waals surface area contributed by atoms with E-state index in [0.29, 0.717) is 27.9 Å². The Bertz CT molecular complexity index is 857. The number of aromatic nitrogens is 2. The summed E-state index contributed by atoms with van der Waals surface area (Å²) in [6.07, 6.45) is 0. The van der Waals surface area contributed by atoms with Crippen LogP contribution in [0.4, 0.5) is 11.5 Å². The summed E-state index contributed by atoms with van der Waals surface area (Å²) in [4.78, 5) is 8.50. The zero-order valence-electron chi connectivity index (χ0n) is 12.8. The van der Waals surface area contributed by atoms with Crippen LogP contribution < -0.4 is 14.8 Å². The number of anilines is 2. The fourth-order valence-electron chi connectivity index (χ4n) is 2.19. The summed E-state index contributed by atoms with van der Waals surface area (Å²) in [6.45, 7) is 0. The molecule has 0 amide bonds. The lowest BCUT2D eigenvalue weighted by molar-refractivity contribution is 0.356. The molecule has 0 spiro atoms. The zero-order valence-corrected chi connectivity index (χ0v) is 15.2. The molecule has 0 fully saturated rings. The maximum absolute atomic E-state index is 6.03. The molecule has 0 radical (unpaired) electrons. The monoisotopic (exact) mass is 385 g/mol. The molecule has 126 valence electrons. The van der Waals surface area contributed by atoms with Crippen LogP contribution in [-0.4, -0.2) is 24.2 Å². The summed E-state index contributed by atoms with van der Waals surface area (Å²) in [5.74, 6) is 1.74. The van der Waals surface area contributed by atoms with Crippen molar-refractivity contribution in [2.75, 3.05) is 19.5 Å². The Morgan fingerprint density at radius 2 is 1.54 bits per heavy atom. The van der Waals surface area contributed by atoms with E-state index in [1.807, 2.05) is 18.2 Å². The van der Waals surface area contributed by atoms with Gasteiger partial charge < -0.3 is 14.8 Å². The van der Waals surface area contributed by atoms with Gasteiger partial charge in [0.2, 0.25) is 5.28 Å². The van der Waals surface area contributed by atoms with Gasteiger partial charge >= 0.3 is 0 Å². The van der Waals surface area contributed by atoms with Crippen LogP contribution in [0.1, 0.15) is 0 Å². The Morgan fingerprint density at radius 3 is 2.17 bits per heavy atom. The van der Waals surface area contributed by atoms with E-state index in [1.165, 1.54) is 0 Å². The Hall–Kier alpha value is -1.95. The topological polar surface area (TPSA) is 56.3 Å². The first-order valence-electron chi connectivity index (χ1n) is 6.72. The normalized spacial score (nSPS) is 10.2. The summed E-state index contributed by atoms with van der Waals surface area (Å²) < 4.78 is 10.6. The number of nitrogens with zero attached hydrogens (tertiary/aromatic N) is 2. The van der Waals surface area contributed by atoms with Gasteiger partial charge in [0.15, 0.2) is 11.5 Å². The Kier molecular flexibility index (Phi) is 5.94. The number of halogens is 3. The fraction of sp³-hybridized carbons (Fsp3) is 0.125. The van der Waals surface area contributed by atoms with Crippen LogP contribution in [0.5, 0.6) is 11.5 Å². The first-order chi connectivity index (χ1) is 11.1. The van der Waals surface area contributed by atoms with Gasteiger partial charge in [-0.1, -0.05) is 11.6 Å². The second-order valence-corrected chi connectivity index (χ2v) is 5.47. The number of methoxy groups -OCH3 is 2. The number of ether oxygens (including phenoxy) is 2. The van der Waals surface area contributed by atoms with Gasteiger partial charge in [-0.05, 0) is 41.9 Å². The van der Waals surface area contributed by atoms with E-state index < -0.39 is 0 Å². The second kappa shape index (κ2) is 7.75. The summed E-state index contributed by atoms with van der Waals surface area (Å²) in [7, 11) is 3.14. The molecule has 1 heterocycles. The first kappa shape index (κ1) is 18.4. The molecule has 0 saturated carbocycles. The highest BCUT2D eigenvalue weighted by Gasteiger charge is 2.13. The Labute approximate surface area is 155 Å². The summed E-state index contributed by atoms with van der Waals surface area (Å²) >= 11 is 11.9. The van der Waals surface area contributed by atoms with Crippen molar-refractivity contribution in [2.24, 2.45) is 0 Å². The van der Waals surface area contributed by atoms with Crippen LogP contribution in [0.15, 0.2) is 36.4 Å². The molecule has 0 aliphatic rings. The van der Waals surface area contributed by atoms with Crippen LogP contribution in [0.2, 0.25) is 10.3 Å². The number of fused-ring (bicyclic) bond motifs is 1. The molecule has 1 aromatic heterocycles. The molecular weight excluding hydrogens is 373 g/mol. The van der Waals surface area contributed by atoms with Gasteiger partial charge in [0.25, 0.3) is 0 Å². The summed E-state index contributed by atoms with van der Waals surface area (Å²) in [5.41, 5.74) is 1.49. The van der Waals surface area contributed by atoms with E-state index in [4.69, 9.17) is 32.7 Å². The Balaban J connectivity index is 0.00000208. The summed E-state index contributed by atoms with van der Waals surface area (Å²) in [6, 6.07) is 10.9. The standard InChI is InChI=1S/C16H13Cl2N3O2.ClH/c1-22-13-7-11-12(8-14(13)23-2)20-16(18)21-15(11)19-10-5-3-9(17)4-6-10;/h3-8H,1-2H3,(H,19,20,21);1H. The van der Waals surface area contributed by atoms with Crippen LogP contribution in [0.25, 0.3) is 10.9 Å². The Morgan fingerprint density at radius 1 is 0.917 bits per heavy atom. The lowest BCUT2D eigenvalue weighted by Gasteiger charge is -2.12. The molecule has 8 heteroatoms. The molecule has 5 nitrogen and oxygen atoms in total. The van der Waals surface area contributed by atoms with Crippen molar-refractivity contribution in [3.8, 4) is 11.5 Å². The van der Waals surface area contributed by atoms with Crippen LogP contribution in [0, 0.1) is 0 Å². The quantitative estimate of drug-likeness (QED) is 0.631. The van der Waals surface area contributed by atoms with E-state index >= 15 is 0 Å². The molecule has 0 unspecified atom stereocenters. The molecule has 0 saturated heterocycles. The lowest BCUT2D eigenvalue weighted by atomic mass is 10.2. The molecule has 3 rings (SSSR count). The van der Waals surface area contributed by atoms with Crippen molar-refractivity contribution < 1.29 is 9.47 Å². The van der Waals surface area contributed by atoms with Gasteiger partial charge in [-0.25, -0.2) is 4.98 Å². The van der Waals surface area contributed by atoms with E-state index in [0.717, 1.165) is 11.1 Å². The highest BCUT2D eigenvalue weighted by Crippen LogP contribution is 2.35. The molecule has 24 heavy (non-hydrogen) atoms. The predicted octanol–water partition coefficient (Wildman–Crippen LogP) is 5.12. The SMILES string of the molecule is COc1cc2nc(Cl)nc(Nc3ccc(Cl)cc3)c2cc1OC.Cl. The minimum Gasteiger partial charge on any atom is -0.493 e. The van der Waals surface area contributed by atoms with Gasteiger partial charge in [-0.2, -0.15) is 4.98 Å². The number of nitrogens with one attached hydrogen (secondary N) is 1. The van der Waals surface area contributed by atoms with E-state index in [1.54, 1.807) is 32.4 Å². The first-order valence-corrected chi connectivity index (χ1v) is 7.48. The number of hydrogen-bond donors (Lipinski definition) is 1. The van der Waals surface area contributed by atoms with Crippen LogP contribution >= 0.6 is 35.6 Å². The maximum atomic E-state index is 6.03. The number of hydrogen-bond acceptors (Lipinski definition) is 5. The minimum absolute atomic E-state index is 0. The summed E-state index contributed by atoms with van der Waals surface area (Å²) in [5, 5.41) is 4.78. The van der Waals surface area contributed by atoms with Crippen molar-refractivity contribution >= 4 is 58.0 Å². The van der Waals surface area contributed by atoms with E-state index in [9.17, 15) is 0 Å². The van der Waals surface area contributed by atoms with E-state index in [-0.39, 0.29) is 17.7 Å².